The highest BCUT2D eigenvalue weighted by Gasteiger charge is 2.18. The van der Waals surface area contributed by atoms with Crippen LogP contribution in [0.5, 0.6) is 5.75 Å². The molecule has 0 bridgehead atoms. The van der Waals surface area contributed by atoms with Crippen molar-refractivity contribution in [3.05, 3.63) is 42.6 Å². The maximum atomic E-state index is 12.3. The quantitative estimate of drug-likeness (QED) is 0.687. The van der Waals surface area contributed by atoms with Crippen LogP contribution >= 0.6 is 11.8 Å². The van der Waals surface area contributed by atoms with Crippen LogP contribution in [0.4, 0.5) is 5.69 Å². The lowest BCUT2D eigenvalue weighted by Gasteiger charge is -2.10. The Morgan fingerprint density at radius 2 is 2.12 bits per heavy atom. The zero-order valence-corrected chi connectivity index (χ0v) is 14.2. The summed E-state index contributed by atoms with van der Waals surface area (Å²) in [5.74, 6) is 0.649. The summed E-state index contributed by atoms with van der Waals surface area (Å²) in [5.41, 5.74) is 1.87. The van der Waals surface area contributed by atoms with Gasteiger partial charge >= 0.3 is 0 Å². The fraction of sp³-hybridized carbons (Fsp3) is 0.235. The summed E-state index contributed by atoms with van der Waals surface area (Å²) >= 11 is 1.25. The number of ether oxygens (including phenoxy) is 1. The van der Waals surface area contributed by atoms with Crippen molar-refractivity contribution in [1.29, 1.82) is 0 Å². The van der Waals surface area contributed by atoms with Gasteiger partial charge in [0.2, 0.25) is 5.91 Å². The Bertz CT molecular complexity index is 799. The highest BCUT2D eigenvalue weighted by Crippen LogP contribution is 2.26. The average molecular weight is 343 g/mol. The highest BCUT2D eigenvalue weighted by molar-refractivity contribution is 8.00. The van der Waals surface area contributed by atoms with Crippen molar-refractivity contribution >= 4 is 34.6 Å². The van der Waals surface area contributed by atoms with E-state index in [1.807, 2.05) is 31.2 Å². The second-order valence-corrected chi connectivity index (χ2v) is 6.30. The smallest absolute Gasteiger partial charge is 0.259 e. The van der Waals surface area contributed by atoms with Crippen molar-refractivity contribution in [2.45, 2.75) is 24.3 Å². The lowest BCUT2D eigenvalue weighted by molar-refractivity contribution is -0.115. The predicted octanol–water partition coefficient (Wildman–Crippen LogP) is 3.74. The summed E-state index contributed by atoms with van der Waals surface area (Å²) in [4.78, 5) is 20.7. The maximum Gasteiger partial charge on any atom is 0.259 e. The lowest BCUT2D eigenvalue weighted by atomic mass is 10.3. The number of thioether (sulfide) groups is 1. The van der Waals surface area contributed by atoms with E-state index in [0.29, 0.717) is 23.1 Å². The SMILES string of the molecule is CCOc1ccc(NC(=O)[C@H](C)Sc2nc3ncccc3o2)cc1. The molecule has 1 atom stereocenters. The third-order valence-corrected chi connectivity index (χ3v) is 4.17. The van der Waals surface area contributed by atoms with E-state index in [9.17, 15) is 4.79 Å². The van der Waals surface area contributed by atoms with Gasteiger partial charge in [-0.25, -0.2) is 4.98 Å². The van der Waals surface area contributed by atoms with E-state index in [4.69, 9.17) is 9.15 Å². The molecule has 0 aliphatic heterocycles. The summed E-state index contributed by atoms with van der Waals surface area (Å²) in [7, 11) is 0. The first kappa shape index (κ1) is 16.3. The minimum absolute atomic E-state index is 0.126. The van der Waals surface area contributed by atoms with E-state index < -0.39 is 0 Å². The molecule has 2 aromatic heterocycles. The van der Waals surface area contributed by atoms with Crippen molar-refractivity contribution in [2.24, 2.45) is 0 Å². The molecule has 0 aliphatic rings. The van der Waals surface area contributed by atoms with Gasteiger partial charge in [-0.2, -0.15) is 4.98 Å². The largest absolute Gasteiger partial charge is 0.494 e. The zero-order chi connectivity index (χ0) is 16.9. The number of nitrogens with zero attached hydrogens (tertiary/aromatic N) is 2. The summed E-state index contributed by atoms with van der Waals surface area (Å²) < 4.78 is 11.0. The maximum absolute atomic E-state index is 12.3. The van der Waals surface area contributed by atoms with Gasteiger partial charge in [-0.05, 0) is 50.2 Å². The molecule has 1 amide bonds. The van der Waals surface area contributed by atoms with Gasteiger partial charge in [0.15, 0.2) is 11.2 Å². The molecule has 7 heteroatoms. The first-order valence-electron chi connectivity index (χ1n) is 7.57. The molecule has 3 aromatic rings. The van der Waals surface area contributed by atoms with Crippen molar-refractivity contribution in [3.63, 3.8) is 0 Å². The molecule has 0 saturated heterocycles. The minimum Gasteiger partial charge on any atom is -0.494 e. The van der Waals surface area contributed by atoms with Gasteiger partial charge in [-0.3, -0.25) is 4.79 Å². The molecule has 24 heavy (non-hydrogen) atoms. The van der Waals surface area contributed by atoms with Crippen LogP contribution in [0.25, 0.3) is 11.2 Å². The Morgan fingerprint density at radius 1 is 1.33 bits per heavy atom. The second kappa shape index (κ2) is 7.35. The molecule has 2 heterocycles. The zero-order valence-electron chi connectivity index (χ0n) is 13.4. The minimum atomic E-state index is -0.357. The number of rotatable bonds is 6. The van der Waals surface area contributed by atoms with E-state index in [2.05, 4.69) is 15.3 Å². The summed E-state index contributed by atoms with van der Waals surface area (Å²) in [6.07, 6.45) is 1.65. The molecule has 3 rings (SSSR count). The van der Waals surface area contributed by atoms with E-state index in [-0.39, 0.29) is 11.2 Å². The number of benzene rings is 1. The third kappa shape index (κ3) is 3.86. The van der Waals surface area contributed by atoms with Crippen LogP contribution in [0.2, 0.25) is 0 Å². The molecular weight excluding hydrogens is 326 g/mol. The monoisotopic (exact) mass is 343 g/mol. The Hall–Kier alpha value is -2.54. The number of fused-ring (bicyclic) bond motifs is 1. The molecule has 0 spiro atoms. The summed E-state index contributed by atoms with van der Waals surface area (Å²) in [6.45, 7) is 4.34. The number of aromatic nitrogens is 2. The normalized spacial score (nSPS) is 12.1. The number of pyridine rings is 1. The van der Waals surface area contributed by atoms with Crippen LogP contribution in [0, 0.1) is 0 Å². The first-order valence-corrected chi connectivity index (χ1v) is 8.45. The van der Waals surface area contributed by atoms with Crippen molar-refractivity contribution in [2.75, 3.05) is 11.9 Å². The molecular formula is C17H17N3O3S. The molecule has 1 aromatic carbocycles. The molecule has 0 saturated carbocycles. The molecule has 0 aliphatic carbocycles. The van der Waals surface area contributed by atoms with Crippen LogP contribution in [0.3, 0.4) is 0 Å². The number of hydrogen-bond donors (Lipinski definition) is 1. The van der Waals surface area contributed by atoms with Crippen molar-refractivity contribution in [1.82, 2.24) is 9.97 Å². The number of carbonyl (C=O) groups is 1. The third-order valence-electron chi connectivity index (χ3n) is 3.23. The Labute approximate surface area is 143 Å². The average Bonchev–Trinajstić information content (AvgIpc) is 2.99. The fourth-order valence-electron chi connectivity index (χ4n) is 2.05. The summed E-state index contributed by atoms with van der Waals surface area (Å²) in [6, 6.07) is 10.8. The number of hydrogen-bond acceptors (Lipinski definition) is 6. The van der Waals surface area contributed by atoms with E-state index >= 15 is 0 Å². The van der Waals surface area contributed by atoms with Crippen LogP contribution in [0.1, 0.15) is 13.8 Å². The van der Waals surface area contributed by atoms with Gasteiger partial charge in [-0.15, -0.1) is 0 Å². The second-order valence-electron chi connectivity index (χ2n) is 5.01. The topological polar surface area (TPSA) is 77.2 Å². The Balaban J connectivity index is 1.61. The van der Waals surface area contributed by atoms with Gasteiger partial charge in [0.1, 0.15) is 5.75 Å². The number of nitrogens with one attached hydrogen (secondary N) is 1. The van der Waals surface area contributed by atoms with Gasteiger partial charge in [0, 0.05) is 11.9 Å². The number of carbonyl (C=O) groups excluding carboxylic acids is 1. The molecule has 1 N–H and O–H groups in total. The Kier molecular flexibility index (Phi) is 5.00. The molecule has 0 radical (unpaired) electrons. The van der Waals surface area contributed by atoms with Gasteiger partial charge < -0.3 is 14.5 Å². The highest BCUT2D eigenvalue weighted by atomic mass is 32.2. The van der Waals surface area contributed by atoms with Crippen LogP contribution < -0.4 is 10.1 Å². The number of amides is 1. The molecule has 6 nitrogen and oxygen atoms in total. The lowest BCUT2D eigenvalue weighted by Crippen LogP contribution is -2.22. The van der Waals surface area contributed by atoms with E-state index in [0.717, 1.165) is 11.4 Å². The van der Waals surface area contributed by atoms with Crippen LogP contribution in [-0.4, -0.2) is 27.7 Å². The van der Waals surface area contributed by atoms with Crippen molar-refractivity contribution < 1.29 is 13.9 Å². The molecule has 0 unspecified atom stereocenters. The molecule has 0 fully saturated rings. The van der Waals surface area contributed by atoms with Crippen LogP contribution in [0.15, 0.2) is 52.2 Å². The van der Waals surface area contributed by atoms with E-state index in [1.165, 1.54) is 11.8 Å². The van der Waals surface area contributed by atoms with Crippen LogP contribution in [-0.2, 0) is 4.79 Å². The summed E-state index contributed by atoms with van der Waals surface area (Å²) in [5, 5.41) is 2.94. The van der Waals surface area contributed by atoms with E-state index in [1.54, 1.807) is 25.3 Å². The fourth-order valence-corrected chi connectivity index (χ4v) is 2.79. The van der Waals surface area contributed by atoms with Gasteiger partial charge in [-0.1, -0.05) is 11.8 Å². The predicted molar refractivity (Wildman–Crippen MR) is 93.4 cm³/mol. The number of anilines is 1. The van der Waals surface area contributed by atoms with Gasteiger partial charge in [0.05, 0.1) is 11.9 Å². The van der Waals surface area contributed by atoms with Gasteiger partial charge in [0.25, 0.3) is 5.22 Å². The molecule has 124 valence electrons. The number of oxazole rings is 1. The van der Waals surface area contributed by atoms with Crippen molar-refractivity contribution in [3.8, 4) is 5.75 Å². The Morgan fingerprint density at radius 3 is 2.83 bits per heavy atom. The first-order chi connectivity index (χ1) is 11.7. The standard InChI is InChI=1S/C17H17N3O3S/c1-3-22-13-8-6-12(7-9-13)19-16(21)11(2)24-17-20-15-14(23-17)5-4-10-18-15/h4-11H,3H2,1-2H3,(H,19,21)/t11-/m0/s1.